The molecule has 10 rings (SSSR count). The van der Waals surface area contributed by atoms with Gasteiger partial charge >= 0.3 is 5.97 Å². The third kappa shape index (κ3) is 10.7. The molecule has 24 heteroatoms. The second-order valence-electron chi connectivity index (χ2n) is 27.6. The molecule has 0 unspecified atom stereocenters. The number of ether oxygens (including phenoxy) is 10. The molecule has 5 saturated heterocycles. The van der Waals surface area contributed by atoms with Gasteiger partial charge in [0, 0.05) is 11.8 Å². The van der Waals surface area contributed by atoms with Gasteiger partial charge in [0.05, 0.1) is 49.7 Å². The SMILES string of the molecule is C=C1CC[C@]2(C(=O)O[C@@H]3O[C@H](CO[C@@H]4O[C@H](CO)[C@@H](O[C@@H]5O[C@@H](C)[C@H](O)[C@@H](O)[C@H]5O)[C@H](O)[C@H]4C)[C@@H](O)[C@H](O)[C@H]3O)CC[C@]3(C)C(=CC[C@@H]4[C@@]5(C)CC[C@H](O[C@@H]6OC[C@H](O)[C@H](O)[C@H]6O[C@@H]6O[C@@H](C)[C@H](O)[C@@H](O)[C@H]6O)C(C)(C)[C@@H]5CC[C@]43C)[C@@H]2C1. The largest absolute Gasteiger partial charge is 0.432 e. The lowest BCUT2D eigenvalue weighted by Gasteiger charge is -2.71. The van der Waals surface area contributed by atoms with Crippen LogP contribution in [0.5, 0.6) is 0 Å². The summed E-state index contributed by atoms with van der Waals surface area (Å²) in [6.45, 7) is 19.2. The van der Waals surface area contributed by atoms with Crippen LogP contribution in [0, 0.1) is 50.7 Å². The van der Waals surface area contributed by atoms with E-state index in [1.54, 1.807) is 6.92 Å². The van der Waals surface area contributed by atoms with Crippen LogP contribution in [-0.4, -0.2) is 240 Å². The van der Waals surface area contributed by atoms with Crippen LogP contribution in [-0.2, 0) is 52.2 Å². The van der Waals surface area contributed by atoms with Gasteiger partial charge in [0.15, 0.2) is 25.2 Å². The monoisotopic (exact) mass is 1190 g/mol. The molecule has 13 N–H and O–H groups in total. The maximum absolute atomic E-state index is 15.1. The molecule has 5 heterocycles. The van der Waals surface area contributed by atoms with Gasteiger partial charge in [-0.1, -0.05) is 65.3 Å². The van der Waals surface area contributed by atoms with Crippen molar-refractivity contribution in [2.45, 2.75) is 267 Å². The van der Waals surface area contributed by atoms with Crippen molar-refractivity contribution >= 4 is 5.97 Å². The highest BCUT2D eigenvalue weighted by Crippen LogP contribution is 2.75. The lowest BCUT2D eigenvalue weighted by molar-refractivity contribution is -0.364. The van der Waals surface area contributed by atoms with Gasteiger partial charge in [-0.3, -0.25) is 4.79 Å². The summed E-state index contributed by atoms with van der Waals surface area (Å²) in [6, 6.07) is 0. The second kappa shape index (κ2) is 23.8. The zero-order chi connectivity index (χ0) is 60.4. The molecule has 0 radical (unpaired) electrons. The average molecular weight is 1190 g/mol. The summed E-state index contributed by atoms with van der Waals surface area (Å²) in [5.41, 5.74) is 0.0217. The van der Waals surface area contributed by atoms with E-state index in [9.17, 15) is 66.4 Å². The Morgan fingerprint density at radius 1 is 0.614 bits per heavy atom. The number of hydrogen-bond acceptors (Lipinski definition) is 24. The molecule has 83 heavy (non-hydrogen) atoms. The molecule has 0 spiro atoms. The first-order chi connectivity index (χ1) is 38.9. The fourth-order valence-electron chi connectivity index (χ4n) is 17.3. The number of carbonyl (C=O) groups excluding carboxylic acids is 1. The lowest BCUT2D eigenvalue weighted by Crippen LogP contribution is -2.66. The number of carbonyl (C=O) groups is 1. The van der Waals surface area contributed by atoms with Crippen LogP contribution < -0.4 is 0 Å². The minimum Gasteiger partial charge on any atom is -0.432 e. The number of fused-ring (bicyclic) bond motifs is 7. The molecule has 0 bridgehead atoms. The maximum atomic E-state index is 15.1. The number of aliphatic hydroxyl groups is 13. The number of hydrogen-bond donors (Lipinski definition) is 13. The number of esters is 1. The van der Waals surface area contributed by atoms with Gasteiger partial charge < -0.3 is 114 Å². The molecule has 9 fully saturated rings. The third-order valence-electron chi connectivity index (χ3n) is 22.8. The zero-order valence-electron chi connectivity index (χ0n) is 48.9. The second-order valence-corrected chi connectivity index (χ2v) is 27.6. The first-order valence-corrected chi connectivity index (χ1v) is 30.1. The normalized spacial score (nSPS) is 54.5. The standard InChI is InChI=1S/C59H94O24/c1-24-12-17-59(54(73)83-52-46(72)43(69)40(66)32(79-52)23-75-49-25(2)36(62)47(31(21-60)78-49)81-50-44(70)41(67)37(63)26(3)76-50)19-18-57(8)28(29(59)20-24)10-11-34-56(7)15-14-35(55(5,6)33(56)13-16-58(34,57)9)80-53-48(39(65)30(61)22-74-53)82-51-45(71)42(68)38(64)27(4)77-51/h10,25-27,29-53,60-72H,1,11-23H2,2-9H3/t25-,26+,27+,29+,30+,31-,32-,33+,34-,35+,36-,37+,38+,39+,40-,41-,42-,43+,44-,45-,46-,47-,48-,49-,50+,51+,52+,53+,56+,57-,58-,59+/m1/s1. The Morgan fingerprint density at radius 3 is 1.86 bits per heavy atom. The lowest BCUT2D eigenvalue weighted by atomic mass is 9.34. The highest BCUT2D eigenvalue weighted by Gasteiger charge is 2.70. The minimum absolute atomic E-state index is 0.166. The summed E-state index contributed by atoms with van der Waals surface area (Å²) in [7, 11) is 0. The number of rotatable bonds is 12. The van der Waals surface area contributed by atoms with E-state index in [0.29, 0.717) is 38.5 Å². The van der Waals surface area contributed by atoms with Crippen LogP contribution in [0.1, 0.15) is 120 Å². The van der Waals surface area contributed by atoms with Crippen LogP contribution in [0.15, 0.2) is 23.8 Å². The molecule has 24 nitrogen and oxygen atoms in total. The van der Waals surface area contributed by atoms with Gasteiger partial charge in [0.1, 0.15) is 91.6 Å². The molecule has 474 valence electrons. The average Bonchev–Trinajstić information content (AvgIpc) is 0.778. The highest BCUT2D eigenvalue weighted by atomic mass is 16.8. The van der Waals surface area contributed by atoms with E-state index in [1.807, 2.05) is 0 Å². The Kier molecular flexibility index (Phi) is 18.4. The predicted molar refractivity (Wildman–Crippen MR) is 285 cm³/mol. The summed E-state index contributed by atoms with van der Waals surface area (Å²) in [5.74, 6) is -1.36. The van der Waals surface area contributed by atoms with E-state index in [2.05, 4.69) is 47.3 Å². The minimum atomic E-state index is -1.84. The topological polar surface area (TPSA) is 372 Å². The first kappa shape index (κ1) is 64.1. The Bertz CT molecular complexity index is 2340. The summed E-state index contributed by atoms with van der Waals surface area (Å²) < 4.78 is 60.3. The van der Waals surface area contributed by atoms with Crippen molar-refractivity contribution in [3.8, 4) is 0 Å². The maximum Gasteiger partial charge on any atom is 0.315 e. The summed E-state index contributed by atoms with van der Waals surface area (Å²) in [5, 5.41) is 140. The smallest absolute Gasteiger partial charge is 0.315 e. The fourth-order valence-corrected chi connectivity index (χ4v) is 17.3. The Hall–Kier alpha value is -1.93. The summed E-state index contributed by atoms with van der Waals surface area (Å²) >= 11 is 0. The van der Waals surface area contributed by atoms with Gasteiger partial charge in [0.2, 0.25) is 6.29 Å². The molecule has 4 saturated carbocycles. The van der Waals surface area contributed by atoms with E-state index in [0.717, 1.165) is 31.3 Å². The van der Waals surface area contributed by atoms with Crippen LogP contribution >= 0.6 is 0 Å². The van der Waals surface area contributed by atoms with Crippen molar-refractivity contribution < 1.29 is 119 Å². The molecular formula is C59H94O24. The van der Waals surface area contributed by atoms with Crippen LogP contribution in [0.25, 0.3) is 0 Å². The third-order valence-corrected chi connectivity index (χ3v) is 22.8. The molecule has 0 aromatic rings. The molecule has 0 aromatic carbocycles. The van der Waals surface area contributed by atoms with Gasteiger partial charge in [-0.05, 0) is 112 Å². The number of aliphatic hydroxyl groups excluding tert-OH is 13. The van der Waals surface area contributed by atoms with Gasteiger partial charge in [-0.25, -0.2) is 0 Å². The molecule has 5 aliphatic carbocycles. The van der Waals surface area contributed by atoms with Crippen LogP contribution in [0.2, 0.25) is 0 Å². The molecule has 5 aliphatic heterocycles. The van der Waals surface area contributed by atoms with Crippen molar-refractivity contribution in [2.75, 3.05) is 19.8 Å². The molecule has 10 aliphatic rings. The van der Waals surface area contributed by atoms with Crippen molar-refractivity contribution in [3.63, 3.8) is 0 Å². The van der Waals surface area contributed by atoms with E-state index < -0.39 is 177 Å². The Morgan fingerprint density at radius 2 is 1.22 bits per heavy atom. The van der Waals surface area contributed by atoms with Crippen molar-refractivity contribution in [1.29, 1.82) is 0 Å². The Balaban J connectivity index is 0.815. The van der Waals surface area contributed by atoms with E-state index in [1.165, 1.54) is 19.4 Å². The number of allylic oxidation sites excluding steroid dienone is 3. The van der Waals surface area contributed by atoms with Gasteiger partial charge in [-0.2, -0.15) is 0 Å². The predicted octanol–water partition coefficient (Wildman–Crippen LogP) is -0.712. The summed E-state index contributed by atoms with van der Waals surface area (Å²) in [4.78, 5) is 15.1. The molecule has 32 atom stereocenters. The quantitative estimate of drug-likeness (QED) is 0.0652. The van der Waals surface area contributed by atoms with Gasteiger partial charge in [0.25, 0.3) is 0 Å². The fraction of sp³-hybridized carbons (Fsp3) is 0.915. The first-order valence-electron chi connectivity index (χ1n) is 30.1. The van der Waals surface area contributed by atoms with E-state index >= 15 is 4.79 Å². The Labute approximate surface area is 484 Å². The van der Waals surface area contributed by atoms with Crippen LogP contribution in [0.3, 0.4) is 0 Å². The summed E-state index contributed by atoms with van der Waals surface area (Å²) in [6.07, 6.45) is -24.4. The van der Waals surface area contributed by atoms with Gasteiger partial charge in [-0.15, -0.1) is 0 Å². The van der Waals surface area contributed by atoms with E-state index in [4.69, 9.17) is 47.4 Å². The van der Waals surface area contributed by atoms with Crippen molar-refractivity contribution in [3.05, 3.63) is 23.8 Å². The van der Waals surface area contributed by atoms with E-state index in [-0.39, 0.29) is 46.7 Å². The van der Waals surface area contributed by atoms with Crippen molar-refractivity contribution in [1.82, 2.24) is 0 Å². The van der Waals surface area contributed by atoms with Crippen LogP contribution in [0.4, 0.5) is 0 Å². The zero-order valence-corrected chi connectivity index (χ0v) is 48.9. The highest BCUT2D eigenvalue weighted by molar-refractivity contribution is 5.79. The molecular weight excluding hydrogens is 1090 g/mol. The molecule has 0 amide bonds. The van der Waals surface area contributed by atoms with Crippen molar-refractivity contribution in [2.24, 2.45) is 50.7 Å². The molecule has 0 aromatic heterocycles.